The lowest BCUT2D eigenvalue weighted by Crippen LogP contribution is -2.46. The van der Waals surface area contributed by atoms with Crippen molar-refractivity contribution in [2.45, 2.75) is 51.5 Å². The van der Waals surface area contributed by atoms with Crippen LogP contribution in [0.1, 0.15) is 51.5 Å². The first kappa shape index (κ1) is 19.9. The number of ether oxygens (including phenoxy) is 1. The summed E-state index contributed by atoms with van der Waals surface area (Å²) in [6.45, 7) is 6.34. The lowest BCUT2D eigenvalue weighted by Gasteiger charge is -2.34. The Bertz CT molecular complexity index is 829. The Kier molecular flexibility index (Phi) is 6.02. The number of anilines is 1. The minimum absolute atomic E-state index is 0.0851. The van der Waals surface area contributed by atoms with Crippen LogP contribution in [-0.2, 0) is 0 Å². The van der Waals surface area contributed by atoms with Crippen LogP contribution in [0.15, 0.2) is 59.7 Å². The first-order chi connectivity index (χ1) is 13.5. The molecule has 0 saturated heterocycles. The largest absolute Gasteiger partial charge is 0.497 e. The Hall–Kier alpha value is -2.82. The van der Waals surface area contributed by atoms with Crippen LogP contribution in [0.5, 0.6) is 5.75 Å². The molecule has 2 aromatic rings. The molecule has 0 saturated carbocycles. The van der Waals surface area contributed by atoms with Crippen LogP contribution in [0.25, 0.3) is 0 Å². The molecule has 1 aliphatic rings. The average Bonchev–Trinajstić information content (AvgIpc) is 2.97. The zero-order chi connectivity index (χ0) is 20.1. The molecular formula is C23H29N3O2. The molecule has 0 aromatic heterocycles. The smallest absolute Gasteiger partial charge is 0.342 e. The summed E-state index contributed by atoms with van der Waals surface area (Å²) < 4.78 is 5.18. The average molecular weight is 380 g/mol. The molecule has 0 spiro atoms. The van der Waals surface area contributed by atoms with Crippen molar-refractivity contribution in [2.24, 2.45) is 5.10 Å². The van der Waals surface area contributed by atoms with E-state index in [1.807, 2.05) is 42.5 Å². The molecule has 1 heterocycles. The van der Waals surface area contributed by atoms with E-state index >= 15 is 0 Å². The van der Waals surface area contributed by atoms with Gasteiger partial charge < -0.3 is 10.1 Å². The van der Waals surface area contributed by atoms with Crippen molar-refractivity contribution in [3.05, 3.63) is 60.2 Å². The van der Waals surface area contributed by atoms with Gasteiger partial charge in [-0.3, -0.25) is 0 Å². The van der Waals surface area contributed by atoms with Gasteiger partial charge in [0.25, 0.3) is 0 Å². The zero-order valence-electron chi connectivity index (χ0n) is 17.1. The minimum atomic E-state index is -0.457. The molecule has 3 rings (SSSR count). The van der Waals surface area contributed by atoms with Gasteiger partial charge in [-0.25, -0.2) is 9.80 Å². The second kappa shape index (κ2) is 8.46. The van der Waals surface area contributed by atoms with Gasteiger partial charge in [0.2, 0.25) is 0 Å². The van der Waals surface area contributed by atoms with Crippen molar-refractivity contribution in [1.29, 1.82) is 0 Å². The Morgan fingerprint density at radius 3 is 2.43 bits per heavy atom. The highest BCUT2D eigenvalue weighted by molar-refractivity contribution is 5.99. The monoisotopic (exact) mass is 379 g/mol. The number of rotatable bonds is 6. The number of hydrogen-bond acceptors (Lipinski definition) is 3. The molecule has 0 fully saturated rings. The highest BCUT2D eigenvalue weighted by Gasteiger charge is 2.47. The number of methoxy groups -OCH3 is 1. The molecule has 2 aromatic carbocycles. The van der Waals surface area contributed by atoms with Gasteiger partial charge in [-0.2, -0.15) is 5.10 Å². The predicted molar refractivity (Wildman–Crippen MR) is 114 cm³/mol. The van der Waals surface area contributed by atoms with Gasteiger partial charge in [-0.15, -0.1) is 0 Å². The Balaban J connectivity index is 1.86. The summed E-state index contributed by atoms with van der Waals surface area (Å²) in [4.78, 5) is 13.1. The fourth-order valence-electron chi connectivity index (χ4n) is 3.80. The third-order valence-corrected chi connectivity index (χ3v) is 5.27. The number of unbranched alkanes of at least 4 members (excludes halogenated alkanes) is 1. The van der Waals surface area contributed by atoms with E-state index in [9.17, 15) is 4.79 Å². The van der Waals surface area contributed by atoms with Crippen molar-refractivity contribution in [3.63, 3.8) is 0 Å². The number of amides is 2. The van der Waals surface area contributed by atoms with Crippen LogP contribution in [0.3, 0.4) is 0 Å². The number of hydrogen-bond donors (Lipinski definition) is 1. The fourth-order valence-corrected chi connectivity index (χ4v) is 3.80. The van der Waals surface area contributed by atoms with Crippen molar-refractivity contribution in [3.8, 4) is 5.75 Å². The molecule has 148 valence electrons. The number of nitrogens with zero attached hydrogens (tertiary/aromatic N) is 2. The molecule has 5 heteroatoms. The summed E-state index contributed by atoms with van der Waals surface area (Å²) in [5.74, 6) is 0.838. The van der Waals surface area contributed by atoms with Crippen LogP contribution >= 0.6 is 0 Å². The van der Waals surface area contributed by atoms with E-state index in [1.165, 1.54) is 5.56 Å². The molecule has 0 bridgehead atoms. The molecular weight excluding hydrogens is 350 g/mol. The number of hydrazone groups is 1. The standard InChI is InChI=1S/C23H29N3O2/c1-5-6-12-20-21(17-10-8-7-9-11-17)23(2,3)26(25-20)22(27)24-18-13-15-19(28-4)16-14-18/h7-11,13-16,21H,5-6,12H2,1-4H3,(H,24,27). The molecule has 28 heavy (non-hydrogen) atoms. The molecule has 2 amide bonds. The maximum absolute atomic E-state index is 13.1. The van der Waals surface area contributed by atoms with E-state index < -0.39 is 5.54 Å². The van der Waals surface area contributed by atoms with E-state index in [0.717, 1.165) is 36.4 Å². The number of carbonyl (C=O) groups excluding carboxylic acids is 1. The molecule has 0 aliphatic carbocycles. The van der Waals surface area contributed by atoms with Crippen molar-refractivity contribution < 1.29 is 9.53 Å². The van der Waals surface area contributed by atoms with E-state index in [1.54, 1.807) is 12.1 Å². The summed E-state index contributed by atoms with van der Waals surface area (Å²) >= 11 is 0. The molecule has 1 atom stereocenters. The van der Waals surface area contributed by atoms with Crippen molar-refractivity contribution in [1.82, 2.24) is 5.01 Å². The van der Waals surface area contributed by atoms with E-state index in [-0.39, 0.29) is 11.9 Å². The van der Waals surface area contributed by atoms with Crippen LogP contribution in [-0.4, -0.2) is 29.4 Å². The molecule has 1 N–H and O–H groups in total. The van der Waals surface area contributed by atoms with Crippen LogP contribution in [0.4, 0.5) is 10.5 Å². The summed E-state index contributed by atoms with van der Waals surface area (Å²) in [5, 5.41) is 9.35. The van der Waals surface area contributed by atoms with Gasteiger partial charge in [-0.1, -0.05) is 43.7 Å². The Morgan fingerprint density at radius 1 is 1.14 bits per heavy atom. The van der Waals surface area contributed by atoms with Crippen LogP contribution < -0.4 is 10.1 Å². The quantitative estimate of drug-likeness (QED) is 0.705. The number of nitrogens with one attached hydrogen (secondary N) is 1. The third-order valence-electron chi connectivity index (χ3n) is 5.27. The van der Waals surface area contributed by atoms with Gasteiger partial charge in [-0.05, 0) is 56.5 Å². The number of benzene rings is 2. The molecule has 0 radical (unpaired) electrons. The normalized spacial score (nSPS) is 17.9. The highest BCUT2D eigenvalue weighted by Crippen LogP contribution is 2.41. The summed E-state index contributed by atoms with van der Waals surface area (Å²) in [7, 11) is 1.62. The van der Waals surface area contributed by atoms with E-state index in [0.29, 0.717) is 0 Å². The first-order valence-corrected chi connectivity index (χ1v) is 9.85. The summed E-state index contributed by atoms with van der Waals surface area (Å²) in [6.07, 6.45) is 3.05. The van der Waals surface area contributed by atoms with Gasteiger partial charge >= 0.3 is 6.03 Å². The first-order valence-electron chi connectivity index (χ1n) is 9.85. The SMILES string of the molecule is CCCCC1=NN(C(=O)Nc2ccc(OC)cc2)C(C)(C)C1c1ccccc1. The molecule has 1 unspecified atom stereocenters. The van der Waals surface area contributed by atoms with Crippen LogP contribution in [0.2, 0.25) is 0 Å². The second-order valence-electron chi connectivity index (χ2n) is 7.66. The maximum atomic E-state index is 13.1. The molecule has 5 nitrogen and oxygen atoms in total. The van der Waals surface area contributed by atoms with E-state index in [2.05, 4.69) is 38.2 Å². The summed E-state index contributed by atoms with van der Waals surface area (Å²) in [5.41, 5.74) is 2.53. The lowest BCUT2D eigenvalue weighted by molar-refractivity contribution is 0.158. The Labute approximate surface area is 167 Å². The van der Waals surface area contributed by atoms with Gasteiger partial charge in [0.05, 0.1) is 12.6 Å². The maximum Gasteiger partial charge on any atom is 0.342 e. The summed E-state index contributed by atoms with van der Waals surface area (Å²) in [6, 6.07) is 17.4. The van der Waals surface area contributed by atoms with Crippen LogP contribution in [0, 0.1) is 0 Å². The van der Waals surface area contributed by atoms with Gasteiger partial charge in [0.15, 0.2) is 0 Å². The highest BCUT2D eigenvalue weighted by atomic mass is 16.5. The Morgan fingerprint density at radius 2 is 1.82 bits per heavy atom. The van der Waals surface area contributed by atoms with Crippen molar-refractivity contribution >= 4 is 17.4 Å². The van der Waals surface area contributed by atoms with Crippen molar-refractivity contribution in [2.75, 3.05) is 12.4 Å². The third kappa shape index (κ3) is 4.03. The van der Waals surface area contributed by atoms with Gasteiger partial charge in [0.1, 0.15) is 5.75 Å². The predicted octanol–water partition coefficient (Wildman–Crippen LogP) is 5.65. The lowest BCUT2D eigenvalue weighted by atomic mass is 9.78. The second-order valence-corrected chi connectivity index (χ2v) is 7.66. The number of urea groups is 1. The topological polar surface area (TPSA) is 53.9 Å². The number of carbonyl (C=O) groups is 1. The van der Waals surface area contributed by atoms with E-state index in [4.69, 9.17) is 9.84 Å². The fraction of sp³-hybridized carbons (Fsp3) is 0.391. The molecule has 1 aliphatic heterocycles. The van der Waals surface area contributed by atoms with Gasteiger partial charge in [0, 0.05) is 17.3 Å². The zero-order valence-corrected chi connectivity index (χ0v) is 17.1. The minimum Gasteiger partial charge on any atom is -0.497 e.